The SMILES string of the molecule is CCOC(=O)/C=C(\NNc1c(Cl)cc(Cl)cc1Cl)Nc1cc(NC(C)=O)ccc1Cl. The quantitative estimate of drug-likeness (QED) is 0.215. The maximum Gasteiger partial charge on any atom is 0.334 e. The van der Waals surface area contributed by atoms with Crippen LogP contribution in [-0.2, 0) is 14.3 Å². The Balaban J connectivity index is 2.29. The summed E-state index contributed by atoms with van der Waals surface area (Å²) in [5, 5.41) is 6.87. The summed E-state index contributed by atoms with van der Waals surface area (Å²) in [5.74, 6) is -0.661. The molecular weight excluding hydrogens is 474 g/mol. The topological polar surface area (TPSA) is 91.5 Å². The smallest absolute Gasteiger partial charge is 0.334 e. The highest BCUT2D eigenvalue weighted by molar-refractivity contribution is 6.41. The second-order valence-corrected chi connectivity index (χ2v) is 7.46. The highest BCUT2D eigenvalue weighted by Gasteiger charge is 2.11. The first-order valence-electron chi connectivity index (χ1n) is 8.58. The van der Waals surface area contributed by atoms with Gasteiger partial charge in [0.2, 0.25) is 5.91 Å². The highest BCUT2D eigenvalue weighted by atomic mass is 35.5. The van der Waals surface area contributed by atoms with Crippen LogP contribution in [0.2, 0.25) is 20.1 Å². The van der Waals surface area contributed by atoms with E-state index in [4.69, 9.17) is 51.1 Å². The monoisotopic (exact) mass is 490 g/mol. The number of hydrogen-bond donors (Lipinski definition) is 4. The summed E-state index contributed by atoms with van der Waals surface area (Å²) in [6, 6.07) is 7.86. The lowest BCUT2D eigenvalue weighted by atomic mass is 10.2. The minimum absolute atomic E-state index is 0.178. The van der Waals surface area contributed by atoms with Gasteiger partial charge in [0.25, 0.3) is 0 Å². The molecule has 0 bridgehead atoms. The van der Waals surface area contributed by atoms with Crippen LogP contribution in [0.1, 0.15) is 13.8 Å². The van der Waals surface area contributed by atoms with Gasteiger partial charge in [-0.1, -0.05) is 46.4 Å². The number of hydrazine groups is 1. The van der Waals surface area contributed by atoms with Crippen molar-refractivity contribution in [2.75, 3.05) is 22.7 Å². The number of nitrogens with one attached hydrogen (secondary N) is 4. The van der Waals surface area contributed by atoms with Crippen molar-refractivity contribution in [3.63, 3.8) is 0 Å². The van der Waals surface area contributed by atoms with Crippen molar-refractivity contribution in [2.24, 2.45) is 0 Å². The van der Waals surface area contributed by atoms with Gasteiger partial charge in [0.1, 0.15) is 5.82 Å². The summed E-state index contributed by atoms with van der Waals surface area (Å²) in [7, 11) is 0. The van der Waals surface area contributed by atoms with Crippen molar-refractivity contribution in [2.45, 2.75) is 13.8 Å². The van der Waals surface area contributed by atoms with Crippen LogP contribution in [0.3, 0.4) is 0 Å². The van der Waals surface area contributed by atoms with Crippen molar-refractivity contribution in [3.8, 4) is 0 Å². The molecule has 0 atom stereocenters. The van der Waals surface area contributed by atoms with E-state index in [2.05, 4.69) is 21.5 Å². The van der Waals surface area contributed by atoms with Crippen molar-refractivity contribution in [1.82, 2.24) is 5.43 Å². The summed E-state index contributed by atoms with van der Waals surface area (Å²) in [4.78, 5) is 23.3. The van der Waals surface area contributed by atoms with Gasteiger partial charge < -0.3 is 15.4 Å². The number of benzene rings is 2. The molecule has 1 amide bonds. The Morgan fingerprint density at radius 3 is 2.27 bits per heavy atom. The molecule has 11 heteroatoms. The van der Waals surface area contributed by atoms with Crippen LogP contribution in [0.5, 0.6) is 0 Å². The number of carbonyl (C=O) groups excluding carboxylic acids is 2. The number of hydrogen-bond acceptors (Lipinski definition) is 6. The molecule has 160 valence electrons. The second kappa shape index (κ2) is 11.2. The summed E-state index contributed by atoms with van der Waals surface area (Å²) >= 11 is 24.5. The first-order chi connectivity index (χ1) is 14.2. The van der Waals surface area contributed by atoms with E-state index in [1.54, 1.807) is 25.1 Å². The molecule has 7 nitrogen and oxygen atoms in total. The summed E-state index contributed by atoms with van der Waals surface area (Å²) in [6.07, 6.45) is 1.18. The third-order valence-electron chi connectivity index (χ3n) is 3.43. The molecule has 0 radical (unpaired) electrons. The zero-order valence-electron chi connectivity index (χ0n) is 15.9. The van der Waals surface area contributed by atoms with E-state index in [9.17, 15) is 9.59 Å². The molecule has 0 unspecified atom stereocenters. The summed E-state index contributed by atoms with van der Waals surface area (Å²) < 4.78 is 4.95. The Kier molecular flexibility index (Phi) is 8.92. The van der Waals surface area contributed by atoms with Crippen molar-refractivity contribution in [3.05, 3.63) is 62.3 Å². The molecule has 0 fully saturated rings. The average molecular weight is 492 g/mol. The van der Waals surface area contributed by atoms with Crippen LogP contribution >= 0.6 is 46.4 Å². The Bertz CT molecular complexity index is 959. The Hall–Kier alpha value is -2.32. The van der Waals surface area contributed by atoms with Crippen molar-refractivity contribution in [1.29, 1.82) is 0 Å². The van der Waals surface area contributed by atoms with Crippen LogP contribution in [0.25, 0.3) is 0 Å². The Morgan fingerprint density at radius 2 is 1.67 bits per heavy atom. The van der Waals surface area contributed by atoms with E-state index in [0.717, 1.165) is 0 Å². The predicted molar refractivity (Wildman–Crippen MR) is 122 cm³/mol. The maximum absolute atomic E-state index is 12.0. The van der Waals surface area contributed by atoms with Gasteiger partial charge in [-0.25, -0.2) is 4.79 Å². The fraction of sp³-hybridized carbons (Fsp3) is 0.158. The first kappa shape index (κ1) is 24.0. The third kappa shape index (κ3) is 7.18. The molecule has 0 aliphatic carbocycles. The molecule has 2 aromatic carbocycles. The molecule has 30 heavy (non-hydrogen) atoms. The first-order valence-corrected chi connectivity index (χ1v) is 10.1. The standard InChI is InChI=1S/C19H18Cl4N4O3/c1-3-30-18(29)9-17(26-27-19-14(22)6-11(20)7-15(19)23)25-16-8-12(24-10(2)28)4-5-13(16)21/h4-9,25-27H,3H2,1-2H3,(H,24,28)/b17-9-. The van der Waals surface area contributed by atoms with E-state index < -0.39 is 5.97 Å². The molecule has 4 N–H and O–H groups in total. The Labute approximate surface area is 193 Å². The number of halogens is 4. The molecule has 0 saturated heterocycles. The third-order valence-corrected chi connectivity index (χ3v) is 4.58. The van der Waals surface area contributed by atoms with Crippen LogP contribution in [-0.4, -0.2) is 18.5 Å². The molecule has 0 spiro atoms. The van der Waals surface area contributed by atoms with Gasteiger partial charge in [0.05, 0.1) is 39.1 Å². The van der Waals surface area contributed by atoms with Crippen molar-refractivity contribution >= 4 is 75.3 Å². The Morgan fingerprint density at radius 1 is 1.00 bits per heavy atom. The van der Waals surface area contributed by atoms with E-state index in [0.29, 0.717) is 27.1 Å². The van der Waals surface area contributed by atoms with E-state index in [-0.39, 0.29) is 28.4 Å². The molecule has 0 heterocycles. The average Bonchev–Trinajstić information content (AvgIpc) is 2.63. The van der Waals surface area contributed by atoms with Crippen LogP contribution in [0.4, 0.5) is 17.1 Å². The van der Waals surface area contributed by atoms with Crippen molar-refractivity contribution < 1.29 is 14.3 Å². The zero-order valence-corrected chi connectivity index (χ0v) is 18.9. The van der Waals surface area contributed by atoms with E-state index in [1.807, 2.05) is 0 Å². The molecule has 0 aliphatic heterocycles. The van der Waals surface area contributed by atoms with Gasteiger partial charge in [-0.3, -0.25) is 15.6 Å². The molecule has 0 saturated carbocycles. The van der Waals surface area contributed by atoms with Crippen LogP contribution in [0.15, 0.2) is 42.2 Å². The van der Waals surface area contributed by atoms with Gasteiger partial charge in [-0.05, 0) is 37.3 Å². The van der Waals surface area contributed by atoms with Gasteiger partial charge in [-0.2, -0.15) is 0 Å². The lowest BCUT2D eigenvalue weighted by Crippen LogP contribution is -2.27. The van der Waals surface area contributed by atoms with Gasteiger partial charge in [0, 0.05) is 17.6 Å². The lowest BCUT2D eigenvalue weighted by Gasteiger charge is -2.18. The van der Waals surface area contributed by atoms with Crippen LogP contribution in [0, 0.1) is 0 Å². The van der Waals surface area contributed by atoms with E-state index >= 15 is 0 Å². The lowest BCUT2D eigenvalue weighted by molar-refractivity contribution is -0.137. The normalized spacial score (nSPS) is 10.9. The van der Waals surface area contributed by atoms with Gasteiger partial charge in [-0.15, -0.1) is 0 Å². The number of anilines is 3. The number of amides is 1. The molecule has 0 aromatic heterocycles. The summed E-state index contributed by atoms with van der Waals surface area (Å²) in [6.45, 7) is 3.27. The minimum Gasteiger partial charge on any atom is -0.463 e. The predicted octanol–water partition coefficient (Wildman–Crippen LogP) is 5.69. The fourth-order valence-electron chi connectivity index (χ4n) is 2.24. The molecule has 2 rings (SSSR count). The maximum atomic E-state index is 12.0. The number of carbonyl (C=O) groups is 2. The van der Waals surface area contributed by atoms with Crippen LogP contribution < -0.4 is 21.5 Å². The largest absolute Gasteiger partial charge is 0.463 e. The number of rotatable bonds is 8. The fourth-order valence-corrected chi connectivity index (χ4v) is 3.32. The van der Waals surface area contributed by atoms with E-state index in [1.165, 1.54) is 25.1 Å². The number of ether oxygens (including phenoxy) is 1. The second-order valence-electron chi connectivity index (χ2n) is 5.81. The number of esters is 1. The van der Waals surface area contributed by atoms with Gasteiger partial charge in [0.15, 0.2) is 0 Å². The molecule has 2 aromatic rings. The summed E-state index contributed by atoms with van der Waals surface area (Å²) in [5.41, 5.74) is 6.90. The zero-order chi connectivity index (χ0) is 22.3. The minimum atomic E-state index is -0.600. The molecule has 0 aliphatic rings. The van der Waals surface area contributed by atoms with Gasteiger partial charge >= 0.3 is 5.97 Å². The highest BCUT2D eigenvalue weighted by Crippen LogP contribution is 2.33. The molecular formula is C19H18Cl4N4O3.